The van der Waals surface area contributed by atoms with Crippen LogP contribution in [0.1, 0.15) is 37.3 Å². The van der Waals surface area contributed by atoms with Crippen molar-refractivity contribution in [2.24, 2.45) is 0 Å². The van der Waals surface area contributed by atoms with Crippen LogP contribution >= 0.6 is 0 Å². The van der Waals surface area contributed by atoms with Crippen LogP contribution in [0, 0.1) is 17.5 Å². The number of rotatable bonds is 1. The summed E-state index contributed by atoms with van der Waals surface area (Å²) in [6, 6.07) is 1.57. The highest BCUT2D eigenvalue weighted by Crippen LogP contribution is 2.41. The van der Waals surface area contributed by atoms with Gasteiger partial charge in [-0.2, -0.15) is 0 Å². The van der Waals surface area contributed by atoms with Gasteiger partial charge in [-0.3, -0.25) is 4.79 Å². The standard InChI is InChI=1S/C14H12F3NO/c15-10-6-8(7-11(16)14(10)17)12-5-4-9-2-1-3-13(19)18(9)12/h2,6-7,12H,1,3-5H2/t12-/m0/s1. The summed E-state index contributed by atoms with van der Waals surface area (Å²) in [5.41, 5.74) is 1.22. The van der Waals surface area contributed by atoms with Crippen molar-refractivity contribution in [2.75, 3.05) is 0 Å². The van der Waals surface area contributed by atoms with E-state index in [1.165, 1.54) is 0 Å². The van der Waals surface area contributed by atoms with E-state index in [0.717, 1.165) is 17.8 Å². The summed E-state index contributed by atoms with van der Waals surface area (Å²) in [4.78, 5) is 13.5. The van der Waals surface area contributed by atoms with Gasteiger partial charge in [-0.25, -0.2) is 13.2 Å². The van der Waals surface area contributed by atoms with Gasteiger partial charge in [0.05, 0.1) is 6.04 Å². The van der Waals surface area contributed by atoms with Gasteiger partial charge in [-0.15, -0.1) is 0 Å². The van der Waals surface area contributed by atoms with Crippen molar-refractivity contribution < 1.29 is 18.0 Å². The lowest BCUT2D eigenvalue weighted by Gasteiger charge is -2.29. The molecule has 2 aliphatic heterocycles. The van der Waals surface area contributed by atoms with Crippen molar-refractivity contribution >= 4 is 5.91 Å². The third kappa shape index (κ3) is 1.93. The molecule has 0 aromatic heterocycles. The lowest BCUT2D eigenvalue weighted by Crippen LogP contribution is -2.31. The normalized spacial score (nSPS) is 22.5. The largest absolute Gasteiger partial charge is 0.309 e. The average Bonchev–Trinajstić information content (AvgIpc) is 2.80. The lowest BCUT2D eigenvalue weighted by atomic mass is 10.0. The van der Waals surface area contributed by atoms with Crippen molar-refractivity contribution in [3.05, 3.63) is 46.9 Å². The van der Waals surface area contributed by atoms with Crippen LogP contribution in [0.25, 0.3) is 0 Å². The summed E-state index contributed by atoms with van der Waals surface area (Å²) in [6.07, 6.45) is 4.42. The highest BCUT2D eigenvalue weighted by molar-refractivity contribution is 5.80. The molecule has 2 aliphatic rings. The fourth-order valence-corrected chi connectivity index (χ4v) is 2.83. The molecule has 5 heteroatoms. The van der Waals surface area contributed by atoms with E-state index in [4.69, 9.17) is 0 Å². The third-order valence-electron chi connectivity index (χ3n) is 3.69. The number of nitrogens with zero attached hydrogens (tertiary/aromatic N) is 1. The number of hydrogen-bond donors (Lipinski definition) is 0. The summed E-state index contributed by atoms with van der Waals surface area (Å²) < 4.78 is 39.5. The van der Waals surface area contributed by atoms with Gasteiger partial charge in [-0.05, 0) is 37.0 Å². The summed E-state index contributed by atoms with van der Waals surface area (Å²) >= 11 is 0. The van der Waals surface area contributed by atoms with Crippen LogP contribution < -0.4 is 0 Å². The van der Waals surface area contributed by atoms with Crippen molar-refractivity contribution in [3.8, 4) is 0 Å². The van der Waals surface area contributed by atoms with E-state index in [-0.39, 0.29) is 11.9 Å². The molecule has 1 amide bonds. The van der Waals surface area contributed by atoms with Gasteiger partial charge in [0.15, 0.2) is 17.5 Å². The number of amides is 1. The molecule has 100 valence electrons. The topological polar surface area (TPSA) is 20.3 Å². The minimum Gasteiger partial charge on any atom is -0.309 e. The predicted molar refractivity (Wildman–Crippen MR) is 62.5 cm³/mol. The Kier molecular flexibility index (Phi) is 2.84. The molecular formula is C14H12F3NO. The van der Waals surface area contributed by atoms with Crippen LogP contribution in [0.5, 0.6) is 0 Å². The number of hydrogen-bond acceptors (Lipinski definition) is 1. The number of carbonyl (C=O) groups is 1. The Morgan fingerprint density at radius 3 is 2.47 bits per heavy atom. The first-order chi connectivity index (χ1) is 9.08. The molecule has 1 saturated heterocycles. The molecule has 0 saturated carbocycles. The Balaban J connectivity index is 2.01. The number of halogens is 3. The molecule has 3 rings (SSSR count). The lowest BCUT2D eigenvalue weighted by molar-refractivity contribution is -0.131. The zero-order chi connectivity index (χ0) is 13.6. The van der Waals surface area contributed by atoms with Crippen molar-refractivity contribution in [1.29, 1.82) is 0 Å². The number of fused-ring (bicyclic) bond motifs is 1. The number of benzene rings is 1. The monoisotopic (exact) mass is 267 g/mol. The molecule has 1 aromatic carbocycles. The maximum absolute atomic E-state index is 13.3. The quantitative estimate of drug-likeness (QED) is 0.714. The first-order valence-corrected chi connectivity index (χ1v) is 6.23. The molecule has 0 N–H and O–H groups in total. The third-order valence-corrected chi connectivity index (χ3v) is 3.69. The summed E-state index contributed by atoms with van der Waals surface area (Å²) in [7, 11) is 0. The first-order valence-electron chi connectivity index (χ1n) is 6.23. The van der Waals surface area contributed by atoms with Crippen molar-refractivity contribution in [2.45, 2.75) is 31.7 Å². The summed E-state index contributed by atoms with van der Waals surface area (Å²) in [5.74, 6) is -3.93. The molecular weight excluding hydrogens is 255 g/mol. The van der Waals surface area contributed by atoms with Crippen LogP contribution in [0.2, 0.25) is 0 Å². The molecule has 0 spiro atoms. The van der Waals surface area contributed by atoms with Crippen molar-refractivity contribution in [1.82, 2.24) is 4.90 Å². The van der Waals surface area contributed by atoms with E-state index in [0.29, 0.717) is 31.2 Å². The molecule has 2 heterocycles. The van der Waals surface area contributed by atoms with Crippen LogP contribution in [0.3, 0.4) is 0 Å². The average molecular weight is 267 g/mol. The smallest absolute Gasteiger partial charge is 0.227 e. The molecule has 1 aromatic rings. The maximum Gasteiger partial charge on any atom is 0.227 e. The van der Waals surface area contributed by atoms with Gasteiger partial charge in [0, 0.05) is 12.1 Å². The van der Waals surface area contributed by atoms with E-state index in [1.54, 1.807) is 4.90 Å². The van der Waals surface area contributed by atoms with Gasteiger partial charge < -0.3 is 4.90 Å². The molecule has 1 atom stereocenters. The van der Waals surface area contributed by atoms with E-state index in [2.05, 4.69) is 0 Å². The summed E-state index contributed by atoms with van der Waals surface area (Å²) in [6.45, 7) is 0. The van der Waals surface area contributed by atoms with E-state index >= 15 is 0 Å². The fourth-order valence-electron chi connectivity index (χ4n) is 2.83. The highest BCUT2D eigenvalue weighted by Gasteiger charge is 2.36. The number of allylic oxidation sites excluding steroid dienone is 2. The SMILES string of the molecule is O=C1CCC=C2CC[C@@H](c3cc(F)c(F)c(F)c3)N12. The predicted octanol–water partition coefficient (Wildman–Crippen LogP) is 3.45. The Bertz CT molecular complexity index is 559. The van der Waals surface area contributed by atoms with Crippen LogP contribution in [0.4, 0.5) is 13.2 Å². The van der Waals surface area contributed by atoms with Crippen molar-refractivity contribution in [3.63, 3.8) is 0 Å². The van der Waals surface area contributed by atoms with E-state index in [9.17, 15) is 18.0 Å². The first kappa shape index (κ1) is 12.3. The Hall–Kier alpha value is -1.78. The Morgan fingerprint density at radius 1 is 1.11 bits per heavy atom. The molecule has 2 nitrogen and oxygen atoms in total. The summed E-state index contributed by atoms with van der Waals surface area (Å²) in [5, 5.41) is 0. The molecule has 0 unspecified atom stereocenters. The highest BCUT2D eigenvalue weighted by atomic mass is 19.2. The second-order valence-corrected chi connectivity index (χ2v) is 4.85. The van der Waals surface area contributed by atoms with Gasteiger partial charge in [0.25, 0.3) is 0 Å². The van der Waals surface area contributed by atoms with Gasteiger partial charge in [0.1, 0.15) is 0 Å². The number of carbonyl (C=O) groups excluding carboxylic acids is 1. The molecule has 1 fully saturated rings. The minimum absolute atomic E-state index is 0.0369. The van der Waals surface area contributed by atoms with Crippen LogP contribution in [-0.4, -0.2) is 10.8 Å². The van der Waals surface area contributed by atoms with Gasteiger partial charge >= 0.3 is 0 Å². The molecule has 0 aliphatic carbocycles. The minimum atomic E-state index is -1.47. The second-order valence-electron chi connectivity index (χ2n) is 4.85. The molecule has 0 radical (unpaired) electrons. The van der Waals surface area contributed by atoms with E-state index < -0.39 is 17.5 Å². The Morgan fingerprint density at radius 2 is 1.79 bits per heavy atom. The van der Waals surface area contributed by atoms with Crippen LogP contribution in [0.15, 0.2) is 23.9 Å². The zero-order valence-electron chi connectivity index (χ0n) is 10.1. The van der Waals surface area contributed by atoms with Gasteiger partial charge in [-0.1, -0.05) is 6.08 Å². The van der Waals surface area contributed by atoms with Gasteiger partial charge in [0.2, 0.25) is 5.91 Å². The second kappa shape index (κ2) is 4.40. The van der Waals surface area contributed by atoms with Crippen LogP contribution in [-0.2, 0) is 4.79 Å². The zero-order valence-corrected chi connectivity index (χ0v) is 10.1. The Labute approximate surface area is 108 Å². The molecule has 19 heavy (non-hydrogen) atoms. The molecule has 0 bridgehead atoms. The fraction of sp³-hybridized carbons (Fsp3) is 0.357. The van der Waals surface area contributed by atoms with E-state index in [1.807, 2.05) is 6.08 Å². The maximum atomic E-state index is 13.3.